The smallest absolute Gasteiger partial charge is 0.180 e. The molecule has 0 aliphatic rings. The van der Waals surface area contributed by atoms with E-state index in [1.807, 2.05) is 0 Å². The molecular formula is C7H11IN2O. The van der Waals surface area contributed by atoms with Crippen LogP contribution in [0.15, 0.2) is 4.52 Å². The number of hydrogen-bond acceptors (Lipinski definition) is 3. The highest BCUT2D eigenvalue weighted by Crippen LogP contribution is 2.29. The zero-order valence-electron chi connectivity index (χ0n) is 6.81. The fourth-order valence-electron chi connectivity index (χ4n) is 0.757. The van der Waals surface area contributed by atoms with Crippen molar-refractivity contribution in [2.24, 2.45) is 0 Å². The number of hydrogen-bond donors (Lipinski definition) is 1. The molecule has 0 saturated heterocycles. The summed E-state index contributed by atoms with van der Waals surface area (Å²) < 4.78 is 6.00. The van der Waals surface area contributed by atoms with Crippen LogP contribution in [0.5, 0.6) is 0 Å². The molecule has 2 N–H and O–H groups in total. The fourth-order valence-corrected chi connectivity index (χ4v) is 1.76. The summed E-state index contributed by atoms with van der Waals surface area (Å²) in [6, 6.07) is 0. The second-order valence-corrected chi connectivity index (χ2v) is 4.54. The molecule has 0 fully saturated rings. The van der Waals surface area contributed by atoms with Gasteiger partial charge in [-0.25, -0.2) is 0 Å². The minimum atomic E-state index is -0.0128. The number of rotatable bonds is 0. The average Bonchev–Trinajstić information content (AvgIpc) is 2.11. The third kappa shape index (κ3) is 1.66. The molecule has 0 unspecified atom stereocenters. The molecule has 0 bridgehead atoms. The maximum Gasteiger partial charge on any atom is 0.180 e. The van der Waals surface area contributed by atoms with Crippen molar-refractivity contribution in [3.05, 3.63) is 9.33 Å². The van der Waals surface area contributed by atoms with Gasteiger partial charge in [0.15, 0.2) is 11.6 Å². The van der Waals surface area contributed by atoms with Crippen LogP contribution in [0.4, 0.5) is 5.82 Å². The number of halogens is 1. The van der Waals surface area contributed by atoms with Crippen LogP contribution in [0.1, 0.15) is 26.5 Å². The Labute approximate surface area is 79.5 Å². The Morgan fingerprint density at radius 1 is 1.45 bits per heavy atom. The van der Waals surface area contributed by atoms with Crippen LogP contribution >= 0.6 is 22.6 Å². The van der Waals surface area contributed by atoms with Crippen LogP contribution in [-0.2, 0) is 5.41 Å². The first kappa shape index (κ1) is 8.83. The Morgan fingerprint density at radius 3 is 2.18 bits per heavy atom. The summed E-state index contributed by atoms with van der Waals surface area (Å²) in [4.78, 5) is 0. The monoisotopic (exact) mass is 266 g/mol. The predicted octanol–water partition coefficient (Wildman–Crippen LogP) is 2.16. The van der Waals surface area contributed by atoms with Gasteiger partial charge in [-0.05, 0) is 22.6 Å². The van der Waals surface area contributed by atoms with Crippen molar-refractivity contribution in [1.82, 2.24) is 5.16 Å². The number of nitrogen functional groups attached to an aromatic ring is 1. The van der Waals surface area contributed by atoms with Crippen molar-refractivity contribution in [3.8, 4) is 0 Å². The highest BCUT2D eigenvalue weighted by Gasteiger charge is 2.23. The van der Waals surface area contributed by atoms with Crippen molar-refractivity contribution < 1.29 is 4.52 Å². The number of nitrogens with zero attached hydrogens (tertiary/aromatic N) is 1. The van der Waals surface area contributed by atoms with Crippen LogP contribution in [-0.4, -0.2) is 5.16 Å². The SMILES string of the molecule is CC(C)(C)c1onc(N)c1I. The minimum absolute atomic E-state index is 0.0128. The van der Waals surface area contributed by atoms with Crippen molar-refractivity contribution >= 4 is 28.4 Å². The molecule has 1 rings (SSSR count). The van der Waals surface area contributed by atoms with Gasteiger partial charge in [-0.3, -0.25) is 0 Å². The molecule has 0 amide bonds. The van der Waals surface area contributed by atoms with Gasteiger partial charge in [0.1, 0.15) is 3.57 Å². The molecule has 1 aromatic heterocycles. The Bertz CT molecular complexity index is 262. The molecule has 0 aliphatic heterocycles. The lowest BCUT2D eigenvalue weighted by Gasteiger charge is -2.13. The van der Waals surface area contributed by atoms with Crippen LogP contribution in [0.2, 0.25) is 0 Å². The standard InChI is InChI=1S/C7H11IN2O/c1-7(2,3)5-4(8)6(9)10-11-5/h1-3H3,(H2,9,10). The van der Waals surface area contributed by atoms with Gasteiger partial charge in [-0.1, -0.05) is 25.9 Å². The van der Waals surface area contributed by atoms with E-state index < -0.39 is 0 Å². The van der Waals surface area contributed by atoms with Crippen LogP contribution in [0.3, 0.4) is 0 Å². The van der Waals surface area contributed by atoms with Gasteiger partial charge in [0.2, 0.25) is 0 Å². The molecule has 4 heteroatoms. The van der Waals surface area contributed by atoms with Crippen molar-refractivity contribution in [2.75, 3.05) is 5.73 Å². The predicted molar refractivity (Wildman–Crippen MR) is 52.3 cm³/mol. The topological polar surface area (TPSA) is 52.0 Å². The molecule has 0 aromatic carbocycles. The first-order valence-corrected chi connectivity index (χ1v) is 4.42. The third-order valence-electron chi connectivity index (χ3n) is 1.34. The average molecular weight is 266 g/mol. The molecule has 0 atom stereocenters. The summed E-state index contributed by atoms with van der Waals surface area (Å²) in [7, 11) is 0. The van der Waals surface area contributed by atoms with Gasteiger partial charge in [-0.2, -0.15) is 0 Å². The van der Waals surface area contributed by atoms with Gasteiger partial charge >= 0.3 is 0 Å². The quantitative estimate of drug-likeness (QED) is 0.732. The highest BCUT2D eigenvalue weighted by atomic mass is 127. The molecule has 1 heterocycles. The number of aromatic nitrogens is 1. The number of anilines is 1. The van der Waals surface area contributed by atoms with E-state index in [4.69, 9.17) is 10.3 Å². The van der Waals surface area contributed by atoms with Crippen LogP contribution in [0, 0.1) is 3.57 Å². The maximum atomic E-state index is 5.52. The molecule has 11 heavy (non-hydrogen) atoms. The number of nitrogens with two attached hydrogens (primary N) is 1. The lowest BCUT2D eigenvalue weighted by atomic mass is 9.93. The molecule has 62 valence electrons. The molecule has 0 radical (unpaired) electrons. The minimum Gasteiger partial charge on any atom is -0.380 e. The van der Waals surface area contributed by atoms with Crippen molar-refractivity contribution in [2.45, 2.75) is 26.2 Å². The summed E-state index contributed by atoms with van der Waals surface area (Å²) in [5, 5.41) is 3.68. The Kier molecular flexibility index (Phi) is 2.13. The second-order valence-electron chi connectivity index (χ2n) is 3.46. The summed E-state index contributed by atoms with van der Waals surface area (Å²) >= 11 is 2.14. The Morgan fingerprint density at radius 2 is 2.00 bits per heavy atom. The Balaban J connectivity index is 3.15. The van der Waals surface area contributed by atoms with Gasteiger partial charge < -0.3 is 10.3 Å². The van der Waals surface area contributed by atoms with Crippen molar-refractivity contribution in [1.29, 1.82) is 0 Å². The van der Waals surface area contributed by atoms with E-state index >= 15 is 0 Å². The van der Waals surface area contributed by atoms with Gasteiger partial charge in [0.05, 0.1) is 0 Å². The molecule has 0 spiro atoms. The van der Waals surface area contributed by atoms with E-state index in [-0.39, 0.29) is 5.41 Å². The first-order valence-electron chi connectivity index (χ1n) is 3.34. The largest absolute Gasteiger partial charge is 0.380 e. The second kappa shape index (κ2) is 2.66. The van der Waals surface area contributed by atoms with E-state index in [0.29, 0.717) is 5.82 Å². The fraction of sp³-hybridized carbons (Fsp3) is 0.571. The van der Waals surface area contributed by atoms with Gasteiger partial charge in [0.25, 0.3) is 0 Å². The van der Waals surface area contributed by atoms with Gasteiger partial charge in [0, 0.05) is 5.41 Å². The molecule has 3 nitrogen and oxygen atoms in total. The zero-order chi connectivity index (χ0) is 8.65. The Hall–Kier alpha value is -0.260. The van der Waals surface area contributed by atoms with Crippen LogP contribution in [0.25, 0.3) is 0 Å². The summed E-state index contributed by atoms with van der Waals surface area (Å²) in [6.07, 6.45) is 0. The van der Waals surface area contributed by atoms with Crippen LogP contribution < -0.4 is 5.73 Å². The summed E-state index contributed by atoms with van der Waals surface area (Å²) in [6.45, 7) is 6.19. The van der Waals surface area contributed by atoms with Gasteiger partial charge in [-0.15, -0.1) is 0 Å². The first-order chi connectivity index (χ1) is 4.93. The molecular weight excluding hydrogens is 255 g/mol. The van der Waals surface area contributed by atoms with Crippen molar-refractivity contribution in [3.63, 3.8) is 0 Å². The van der Waals surface area contributed by atoms with E-state index in [2.05, 4.69) is 48.5 Å². The molecule has 0 aliphatic carbocycles. The highest BCUT2D eigenvalue weighted by molar-refractivity contribution is 14.1. The lowest BCUT2D eigenvalue weighted by molar-refractivity contribution is 0.329. The molecule has 1 aromatic rings. The molecule has 0 saturated carbocycles. The lowest BCUT2D eigenvalue weighted by Crippen LogP contribution is -2.11. The third-order valence-corrected chi connectivity index (χ3v) is 2.38. The van der Waals surface area contributed by atoms with E-state index in [9.17, 15) is 0 Å². The normalized spacial score (nSPS) is 12.0. The zero-order valence-corrected chi connectivity index (χ0v) is 8.97. The maximum absolute atomic E-state index is 5.52. The summed E-state index contributed by atoms with van der Waals surface area (Å²) in [5.41, 5.74) is 5.51. The van der Waals surface area contributed by atoms with E-state index in [0.717, 1.165) is 9.33 Å². The van der Waals surface area contributed by atoms with E-state index in [1.54, 1.807) is 0 Å². The summed E-state index contributed by atoms with van der Waals surface area (Å²) in [5.74, 6) is 1.34. The van der Waals surface area contributed by atoms with E-state index in [1.165, 1.54) is 0 Å².